The van der Waals surface area contributed by atoms with Crippen molar-refractivity contribution in [2.45, 2.75) is 20.0 Å². The SMILES string of the molecule is CC(C)OCCNc1sc(C(=O)N(C)C)c(N)c1C#N. The number of ether oxygens (including phenoxy) is 1. The lowest BCUT2D eigenvalue weighted by molar-refractivity contribution is 0.0833. The third kappa shape index (κ3) is 3.85. The number of amides is 1. The smallest absolute Gasteiger partial charge is 0.265 e. The Hall–Kier alpha value is -1.78. The first-order valence-corrected chi connectivity index (χ1v) is 7.09. The monoisotopic (exact) mass is 296 g/mol. The van der Waals surface area contributed by atoms with Gasteiger partial charge in [-0.15, -0.1) is 11.3 Å². The fraction of sp³-hybridized carbons (Fsp3) is 0.538. The molecule has 0 atom stereocenters. The van der Waals surface area contributed by atoms with Crippen molar-refractivity contribution in [3.05, 3.63) is 10.4 Å². The highest BCUT2D eigenvalue weighted by molar-refractivity contribution is 7.18. The van der Waals surface area contributed by atoms with Crippen molar-refractivity contribution in [2.24, 2.45) is 0 Å². The first-order valence-electron chi connectivity index (χ1n) is 6.28. The molecule has 1 amide bonds. The first-order chi connectivity index (χ1) is 9.38. The van der Waals surface area contributed by atoms with E-state index in [1.54, 1.807) is 14.1 Å². The molecule has 0 unspecified atom stereocenters. The average molecular weight is 296 g/mol. The van der Waals surface area contributed by atoms with Gasteiger partial charge < -0.3 is 20.7 Å². The molecule has 1 heterocycles. The van der Waals surface area contributed by atoms with E-state index in [0.717, 1.165) is 0 Å². The number of nitrogens with one attached hydrogen (secondary N) is 1. The molecule has 0 radical (unpaired) electrons. The zero-order chi connectivity index (χ0) is 15.3. The maximum atomic E-state index is 12.0. The van der Waals surface area contributed by atoms with E-state index < -0.39 is 0 Å². The maximum absolute atomic E-state index is 12.0. The van der Waals surface area contributed by atoms with Crippen LogP contribution in [0.2, 0.25) is 0 Å². The Labute approximate surface area is 123 Å². The Morgan fingerprint density at radius 1 is 1.55 bits per heavy atom. The molecule has 0 aliphatic heterocycles. The first kappa shape index (κ1) is 16.3. The number of carbonyl (C=O) groups is 1. The van der Waals surface area contributed by atoms with E-state index in [0.29, 0.717) is 28.6 Å². The van der Waals surface area contributed by atoms with Crippen molar-refractivity contribution in [2.75, 3.05) is 38.3 Å². The second kappa shape index (κ2) is 7.12. The zero-order valence-corrected chi connectivity index (χ0v) is 13.0. The standard InChI is InChI=1S/C13H20N4O2S/c1-8(2)19-6-5-16-12-9(7-14)10(15)11(20-12)13(18)17(3)4/h8,16H,5-6,15H2,1-4H3. The summed E-state index contributed by atoms with van der Waals surface area (Å²) in [6, 6.07) is 2.04. The van der Waals surface area contributed by atoms with Gasteiger partial charge in [0, 0.05) is 20.6 Å². The summed E-state index contributed by atoms with van der Waals surface area (Å²) in [7, 11) is 3.30. The molecule has 110 valence electrons. The van der Waals surface area contributed by atoms with Crippen LogP contribution < -0.4 is 11.1 Å². The summed E-state index contributed by atoms with van der Waals surface area (Å²) < 4.78 is 5.41. The lowest BCUT2D eigenvalue weighted by Crippen LogP contribution is -2.21. The van der Waals surface area contributed by atoms with Crippen molar-refractivity contribution < 1.29 is 9.53 Å². The Bertz CT molecular complexity index is 517. The second-order valence-electron chi connectivity index (χ2n) is 4.71. The van der Waals surface area contributed by atoms with Crippen LogP contribution in [0.25, 0.3) is 0 Å². The van der Waals surface area contributed by atoms with Gasteiger partial charge in [-0.05, 0) is 13.8 Å². The Morgan fingerprint density at radius 3 is 2.70 bits per heavy atom. The number of nitrogens with zero attached hydrogens (tertiary/aromatic N) is 2. The van der Waals surface area contributed by atoms with Gasteiger partial charge in [-0.1, -0.05) is 0 Å². The van der Waals surface area contributed by atoms with Gasteiger partial charge in [-0.2, -0.15) is 5.26 Å². The summed E-state index contributed by atoms with van der Waals surface area (Å²) in [5.41, 5.74) is 6.44. The minimum absolute atomic E-state index is 0.159. The topological polar surface area (TPSA) is 91.4 Å². The third-order valence-electron chi connectivity index (χ3n) is 2.50. The lowest BCUT2D eigenvalue weighted by atomic mass is 10.2. The van der Waals surface area contributed by atoms with Crippen molar-refractivity contribution in [1.82, 2.24) is 4.90 Å². The molecule has 0 aliphatic carbocycles. The number of anilines is 2. The number of hydrogen-bond donors (Lipinski definition) is 2. The van der Waals surface area contributed by atoms with Gasteiger partial charge in [0.15, 0.2) is 0 Å². The molecular weight excluding hydrogens is 276 g/mol. The summed E-state index contributed by atoms with van der Waals surface area (Å²) in [6.07, 6.45) is 0.159. The van der Waals surface area contributed by atoms with Gasteiger partial charge in [0.2, 0.25) is 0 Å². The summed E-state index contributed by atoms with van der Waals surface area (Å²) in [4.78, 5) is 13.8. The van der Waals surface area contributed by atoms with Gasteiger partial charge in [-0.25, -0.2) is 0 Å². The van der Waals surface area contributed by atoms with Crippen LogP contribution in [-0.4, -0.2) is 44.2 Å². The van der Waals surface area contributed by atoms with Crippen molar-refractivity contribution in [3.63, 3.8) is 0 Å². The van der Waals surface area contributed by atoms with Gasteiger partial charge in [0.1, 0.15) is 21.5 Å². The fourth-order valence-electron chi connectivity index (χ4n) is 1.50. The van der Waals surface area contributed by atoms with Crippen LogP contribution in [0, 0.1) is 11.3 Å². The molecule has 20 heavy (non-hydrogen) atoms. The van der Waals surface area contributed by atoms with Gasteiger partial charge in [-0.3, -0.25) is 4.79 Å². The molecule has 0 aromatic carbocycles. The van der Waals surface area contributed by atoms with E-state index in [4.69, 9.17) is 15.7 Å². The number of thiophene rings is 1. The number of carbonyl (C=O) groups excluding carboxylic acids is 1. The quantitative estimate of drug-likeness (QED) is 0.780. The minimum Gasteiger partial charge on any atom is -0.396 e. The molecule has 7 heteroatoms. The van der Waals surface area contributed by atoms with Crippen LogP contribution in [0.15, 0.2) is 0 Å². The van der Waals surface area contributed by atoms with E-state index in [2.05, 4.69) is 5.32 Å². The van der Waals surface area contributed by atoms with Crippen LogP contribution in [0.4, 0.5) is 10.7 Å². The average Bonchev–Trinajstić information content (AvgIpc) is 2.69. The molecular formula is C13H20N4O2S. The molecule has 0 aliphatic rings. The van der Waals surface area contributed by atoms with E-state index in [-0.39, 0.29) is 17.7 Å². The fourth-order valence-corrected chi connectivity index (χ4v) is 2.62. The highest BCUT2D eigenvalue weighted by atomic mass is 32.1. The van der Waals surface area contributed by atoms with Crippen LogP contribution in [0.5, 0.6) is 0 Å². The molecule has 0 spiro atoms. The largest absolute Gasteiger partial charge is 0.396 e. The molecule has 1 aromatic rings. The minimum atomic E-state index is -0.199. The van der Waals surface area contributed by atoms with E-state index >= 15 is 0 Å². The Morgan fingerprint density at radius 2 is 2.20 bits per heavy atom. The van der Waals surface area contributed by atoms with Crippen molar-refractivity contribution in [3.8, 4) is 6.07 Å². The normalized spacial score (nSPS) is 10.4. The van der Waals surface area contributed by atoms with Crippen molar-refractivity contribution in [1.29, 1.82) is 5.26 Å². The lowest BCUT2D eigenvalue weighted by Gasteiger charge is -2.08. The number of hydrogen-bond acceptors (Lipinski definition) is 6. The van der Waals surface area contributed by atoms with Crippen molar-refractivity contribution >= 4 is 27.9 Å². The third-order valence-corrected chi connectivity index (χ3v) is 3.65. The van der Waals surface area contributed by atoms with Crippen LogP contribution >= 0.6 is 11.3 Å². The molecule has 0 fully saturated rings. The molecule has 0 saturated carbocycles. The highest BCUT2D eigenvalue weighted by Crippen LogP contribution is 2.35. The summed E-state index contributed by atoms with van der Waals surface area (Å²) in [6.45, 7) is 5.00. The summed E-state index contributed by atoms with van der Waals surface area (Å²) in [5.74, 6) is -0.199. The number of rotatable bonds is 6. The Balaban J connectivity index is 2.84. The van der Waals surface area contributed by atoms with Crippen LogP contribution in [0.1, 0.15) is 29.1 Å². The predicted octanol–water partition coefficient (Wildman–Crippen LogP) is 1.74. The zero-order valence-electron chi connectivity index (χ0n) is 12.2. The molecule has 6 nitrogen and oxygen atoms in total. The van der Waals surface area contributed by atoms with E-state index in [1.165, 1.54) is 16.2 Å². The molecule has 1 rings (SSSR count). The summed E-state index contributed by atoms with van der Waals surface area (Å²) in [5, 5.41) is 12.9. The number of nitriles is 1. The molecule has 3 N–H and O–H groups in total. The predicted molar refractivity (Wildman–Crippen MR) is 81.0 cm³/mol. The highest BCUT2D eigenvalue weighted by Gasteiger charge is 2.21. The van der Waals surface area contributed by atoms with E-state index in [1.807, 2.05) is 19.9 Å². The number of nitrogens with two attached hydrogens (primary N) is 1. The molecule has 0 saturated heterocycles. The van der Waals surface area contributed by atoms with Gasteiger partial charge >= 0.3 is 0 Å². The molecule has 1 aromatic heterocycles. The number of nitrogen functional groups attached to an aromatic ring is 1. The summed E-state index contributed by atoms with van der Waals surface area (Å²) >= 11 is 1.20. The van der Waals surface area contributed by atoms with Gasteiger partial charge in [0.05, 0.1) is 18.4 Å². The Kier molecular flexibility index (Phi) is 5.80. The molecule has 0 bridgehead atoms. The second-order valence-corrected chi connectivity index (χ2v) is 5.73. The van der Waals surface area contributed by atoms with E-state index in [9.17, 15) is 4.79 Å². The van der Waals surface area contributed by atoms with Crippen LogP contribution in [0.3, 0.4) is 0 Å². The van der Waals surface area contributed by atoms with Crippen LogP contribution in [-0.2, 0) is 4.74 Å². The maximum Gasteiger partial charge on any atom is 0.265 e. The van der Waals surface area contributed by atoms with Gasteiger partial charge in [0.25, 0.3) is 5.91 Å².